The topological polar surface area (TPSA) is 44.0 Å². The molecule has 2 aliphatic carbocycles. The lowest BCUT2D eigenvalue weighted by Gasteiger charge is -2.39. The molecule has 1 N–H and O–H groups in total. The number of hydrogen-bond acceptors (Lipinski definition) is 2. The summed E-state index contributed by atoms with van der Waals surface area (Å²) >= 11 is 0. The minimum absolute atomic E-state index is 0.0347. The molecule has 0 amide bonds. The first-order valence-electron chi connectivity index (χ1n) is 5.83. The molecular weight excluding hydrogens is 174 g/mol. The average Bonchev–Trinajstić information content (AvgIpc) is 2.15. The maximum atomic E-state index is 9.39. The predicted octanol–water partition coefficient (Wildman–Crippen LogP) is 2.62. The fourth-order valence-electron chi connectivity index (χ4n) is 2.87. The number of nitrogens with zero attached hydrogens (tertiary/aromatic N) is 1. The Morgan fingerprint density at radius 2 is 1.86 bits per heavy atom. The summed E-state index contributed by atoms with van der Waals surface area (Å²) in [5.41, 5.74) is 0.0347. The molecule has 0 saturated heterocycles. The van der Waals surface area contributed by atoms with Crippen LogP contribution in [-0.4, -0.2) is 11.2 Å². The summed E-state index contributed by atoms with van der Waals surface area (Å²) in [6, 6.07) is 2.51. The van der Waals surface area contributed by atoms with E-state index in [2.05, 4.69) is 6.07 Å². The number of hydrogen-bond donors (Lipinski definition) is 1. The Hall–Kier alpha value is -0.550. The first-order valence-corrected chi connectivity index (χ1v) is 5.83. The van der Waals surface area contributed by atoms with Gasteiger partial charge >= 0.3 is 0 Å². The van der Waals surface area contributed by atoms with Crippen molar-refractivity contribution in [1.82, 2.24) is 0 Å². The second-order valence-corrected chi connectivity index (χ2v) is 5.12. The van der Waals surface area contributed by atoms with Gasteiger partial charge in [0.05, 0.1) is 17.6 Å². The summed E-state index contributed by atoms with van der Waals surface area (Å²) in [5.74, 6) is 0.707. The number of nitriles is 1. The van der Waals surface area contributed by atoms with Crippen molar-refractivity contribution < 1.29 is 5.11 Å². The van der Waals surface area contributed by atoms with Crippen LogP contribution in [-0.2, 0) is 0 Å². The van der Waals surface area contributed by atoms with E-state index in [1.54, 1.807) is 0 Å². The van der Waals surface area contributed by atoms with E-state index >= 15 is 0 Å². The fourth-order valence-corrected chi connectivity index (χ4v) is 2.87. The quantitative estimate of drug-likeness (QED) is 0.732. The van der Waals surface area contributed by atoms with Crippen molar-refractivity contribution in [2.24, 2.45) is 11.3 Å². The normalized spacial score (nSPS) is 35.7. The van der Waals surface area contributed by atoms with Crippen LogP contribution in [0.15, 0.2) is 0 Å². The second-order valence-electron chi connectivity index (χ2n) is 5.12. The molecule has 78 valence electrons. The van der Waals surface area contributed by atoms with Crippen molar-refractivity contribution in [2.45, 2.75) is 57.5 Å². The van der Waals surface area contributed by atoms with Gasteiger partial charge in [-0.25, -0.2) is 0 Å². The lowest BCUT2D eigenvalue weighted by Crippen LogP contribution is -2.32. The highest BCUT2D eigenvalue weighted by atomic mass is 16.3. The molecule has 0 radical (unpaired) electrons. The fraction of sp³-hybridized carbons (Fsp3) is 0.917. The van der Waals surface area contributed by atoms with E-state index in [9.17, 15) is 5.11 Å². The third-order valence-electron chi connectivity index (χ3n) is 4.04. The second kappa shape index (κ2) is 3.90. The molecule has 0 aromatic rings. The summed E-state index contributed by atoms with van der Waals surface area (Å²) in [6.45, 7) is 0. The van der Waals surface area contributed by atoms with Crippen LogP contribution in [0.4, 0.5) is 0 Å². The lowest BCUT2D eigenvalue weighted by atomic mass is 9.63. The Morgan fingerprint density at radius 3 is 2.29 bits per heavy atom. The van der Waals surface area contributed by atoms with E-state index in [0.717, 1.165) is 44.9 Å². The van der Waals surface area contributed by atoms with E-state index < -0.39 is 0 Å². The van der Waals surface area contributed by atoms with Gasteiger partial charge in [0, 0.05) is 0 Å². The van der Waals surface area contributed by atoms with Gasteiger partial charge in [0.15, 0.2) is 0 Å². The van der Waals surface area contributed by atoms with Crippen LogP contribution < -0.4 is 0 Å². The standard InChI is InChI=1S/C12H19NO/c13-9-12(6-1-7-12)8-10-2-4-11(14)5-3-10/h10-11,14H,1-8H2. The highest BCUT2D eigenvalue weighted by molar-refractivity contribution is 5.05. The van der Waals surface area contributed by atoms with Crippen molar-refractivity contribution >= 4 is 0 Å². The smallest absolute Gasteiger partial charge is 0.0689 e. The largest absolute Gasteiger partial charge is 0.393 e. The molecule has 0 atom stereocenters. The van der Waals surface area contributed by atoms with Crippen LogP contribution in [0.1, 0.15) is 51.4 Å². The van der Waals surface area contributed by atoms with Crippen LogP contribution in [0, 0.1) is 22.7 Å². The lowest BCUT2D eigenvalue weighted by molar-refractivity contribution is 0.0802. The van der Waals surface area contributed by atoms with Gasteiger partial charge in [-0.2, -0.15) is 5.26 Å². The Balaban J connectivity index is 1.83. The minimum Gasteiger partial charge on any atom is -0.393 e. The van der Waals surface area contributed by atoms with Gasteiger partial charge < -0.3 is 5.11 Å². The van der Waals surface area contributed by atoms with Crippen molar-refractivity contribution in [1.29, 1.82) is 5.26 Å². The van der Waals surface area contributed by atoms with Crippen LogP contribution >= 0.6 is 0 Å². The van der Waals surface area contributed by atoms with E-state index in [0.29, 0.717) is 5.92 Å². The first kappa shape index (κ1) is 9.98. The number of rotatable bonds is 2. The monoisotopic (exact) mass is 193 g/mol. The van der Waals surface area contributed by atoms with Crippen LogP contribution in [0.5, 0.6) is 0 Å². The summed E-state index contributed by atoms with van der Waals surface area (Å²) < 4.78 is 0. The van der Waals surface area contributed by atoms with Crippen LogP contribution in [0.25, 0.3) is 0 Å². The van der Waals surface area contributed by atoms with Gasteiger partial charge in [0.2, 0.25) is 0 Å². The van der Waals surface area contributed by atoms with Gasteiger partial charge in [0.25, 0.3) is 0 Å². The first-order chi connectivity index (χ1) is 6.74. The summed E-state index contributed by atoms with van der Waals surface area (Å²) in [6.07, 6.45) is 8.66. The highest BCUT2D eigenvalue weighted by Gasteiger charge is 2.39. The zero-order valence-corrected chi connectivity index (χ0v) is 8.71. The molecule has 2 heteroatoms. The van der Waals surface area contributed by atoms with Gasteiger partial charge in [0.1, 0.15) is 0 Å². The zero-order chi connectivity index (χ0) is 10.0. The summed E-state index contributed by atoms with van der Waals surface area (Å²) in [7, 11) is 0. The zero-order valence-electron chi connectivity index (χ0n) is 8.71. The van der Waals surface area contributed by atoms with E-state index in [1.165, 1.54) is 6.42 Å². The minimum atomic E-state index is -0.0642. The van der Waals surface area contributed by atoms with E-state index in [4.69, 9.17) is 5.26 Å². The third-order valence-corrected chi connectivity index (χ3v) is 4.04. The average molecular weight is 193 g/mol. The third kappa shape index (κ3) is 1.93. The molecule has 0 unspecified atom stereocenters. The molecule has 2 saturated carbocycles. The molecule has 2 nitrogen and oxygen atoms in total. The molecule has 0 aromatic carbocycles. The van der Waals surface area contributed by atoms with Gasteiger partial charge in [-0.15, -0.1) is 0 Å². The Kier molecular flexibility index (Phi) is 2.78. The summed E-state index contributed by atoms with van der Waals surface area (Å²) in [4.78, 5) is 0. The molecule has 2 fully saturated rings. The van der Waals surface area contributed by atoms with Crippen LogP contribution in [0.2, 0.25) is 0 Å². The van der Waals surface area contributed by atoms with Gasteiger partial charge in [-0.05, 0) is 50.9 Å². The number of aliphatic hydroxyl groups excluding tert-OH is 1. The number of aliphatic hydroxyl groups is 1. The molecule has 2 aliphatic rings. The van der Waals surface area contributed by atoms with E-state index in [-0.39, 0.29) is 11.5 Å². The SMILES string of the molecule is N#CC1(CC2CCC(O)CC2)CCC1. The van der Waals surface area contributed by atoms with Gasteiger partial charge in [-0.1, -0.05) is 6.42 Å². The van der Waals surface area contributed by atoms with E-state index in [1.807, 2.05) is 0 Å². The molecular formula is C12H19NO. The Labute approximate surface area is 85.9 Å². The molecule has 2 rings (SSSR count). The van der Waals surface area contributed by atoms with Crippen molar-refractivity contribution in [3.8, 4) is 6.07 Å². The predicted molar refractivity (Wildman–Crippen MR) is 54.5 cm³/mol. The Morgan fingerprint density at radius 1 is 1.21 bits per heavy atom. The van der Waals surface area contributed by atoms with Gasteiger partial charge in [-0.3, -0.25) is 0 Å². The molecule has 14 heavy (non-hydrogen) atoms. The molecule has 0 heterocycles. The molecule has 0 aliphatic heterocycles. The molecule has 0 spiro atoms. The molecule has 0 aromatic heterocycles. The maximum absolute atomic E-state index is 9.39. The van der Waals surface area contributed by atoms with Crippen molar-refractivity contribution in [3.05, 3.63) is 0 Å². The highest BCUT2D eigenvalue weighted by Crippen LogP contribution is 2.47. The van der Waals surface area contributed by atoms with Crippen LogP contribution in [0.3, 0.4) is 0 Å². The maximum Gasteiger partial charge on any atom is 0.0689 e. The Bertz CT molecular complexity index is 231. The van der Waals surface area contributed by atoms with Crippen molar-refractivity contribution in [2.75, 3.05) is 0 Å². The molecule has 0 bridgehead atoms. The summed E-state index contributed by atoms with van der Waals surface area (Å²) in [5, 5.41) is 18.5. The van der Waals surface area contributed by atoms with Crippen molar-refractivity contribution in [3.63, 3.8) is 0 Å².